The van der Waals surface area contributed by atoms with E-state index in [1.165, 1.54) is 6.42 Å². The molecule has 0 saturated carbocycles. The molecular weight excluding hydrogens is 282 g/mol. The normalized spacial score (nSPS) is 23.1. The highest BCUT2D eigenvalue weighted by molar-refractivity contribution is 5.76. The van der Waals surface area contributed by atoms with E-state index in [0.717, 1.165) is 51.5 Å². The monoisotopic (exact) mass is 307 g/mol. The number of aryl methyl sites for hydroxylation is 1. The second-order valence-electron chi connectivity index (χ2n) is 6.28. The number of piperazine rings is 1. The number of rotatable bonds is 5. The molecule has 0 spiro atoms. The van der Waals surface area contributed by atoms with Crippen molar-refractivity contribution in [1.29, 1.82) is 0 Å². The lowest BCUT2D eigenvalue weighted by Crippen LogP contribution is -2.48. The molecule has 122 valence electrons. The van der Waals surface area contributed by atoms with E-state index in [1.54, 1.807) is 6.92 Å². The summed E-state index contributed by atoms with van der Waals surface area (Å²) in [5.41, 5.74) is 0. The molecule has 7 nitrogen and oxygen atoms in total. The third-order valence-corrected chi connectivity index (χ3v) is 4.59. The van der Waals surface area contributed by atoms with E-state index >= 15 is 0 Å². The quantitative estimate of drug-likeness (QED) is 0.849. The van der Waals surface area contributed by atoms with E-state index in [-0.39, 0.29) is 0 Å². The molecule has 3 heterocycles. The van der Waals surface area contributed by atoms with Crippen LogP contribution in [0.5, 0.6) is 0 Å². The number of carbonyl (C=O) groups excluding carboxylic acids is 1. The van der Waals surface area contributed by atoms with E-state index in [4.69, 9.17) is 4.52 Å². The van der Waals surface area contributed by atoms with Gasteiger partial charge in [0, 0.05) is 39.5 Å². The first-order valence-electron chi connectivity index (χ1n) is 8.21. The van der Waals surface area contributed by atoms with Crippen LogP contribution >= 0.6 is 0 Å². The number of nitrogens with one attached hydrogen (secondary N) is 1. The molecule has 7 heteroatoms. The van der Waals surface area contributed by atoms with Crippen LogP contribution in [0.15, 0.2) is 4.52 Å². The Labute approximate surface area is 131 Å². The zero-order chi connectivity index (χ0) is 15.4. The highest BCUT2D eigenvalue weighted by Crippen LogP contribution is 2.16. The van der Waals surface area contributed by atoms with Gasteiger partial charge >= 0.3 is 0 Å². The number of aromatic nitrogens is 2. The van der Waals surface area contributed by atoms with Gasteiger partial charge in [0.05, 0.1) is 6.54 Å². The topological polar surface area (TPSA) is 74.5 Å². The molecule has 22 heavy (non-hydrogen) atoms. The van der Waals surface area contributed by atoms with Gasteiger partial charge in [-0.1, -0.05) is 5.16 Å². The summed E-state index contributed by atoms with van der Waals surface area (Å²) in [5, 5.41) is 7.28. The third kappa shape index (κ3) is 4.04. The first kappa shape index (κ1) is 15.4. The molecule has 1 N–H and O–H groups in total. The zero-order valence-electron chi connectivity index (χ0n) is 13.3. The molecule has 0 aliphatic carbocycles. The maximum Gasteiger partial charge on any atom is 0.223 e. The van der Waals surface area contributed by atoms with Gasteiger partial charge in [-0.05, 0) is 31.8 Å². The Balaban J connectivity index is 1.38. The van der Waals surface area contributed by atoms with Gasteiger partial charge in [0.2, 0.25) is 11.8 Å². The summed E-state index contributed by atoms with van der Waals surface area (Å²) in [6, 6.07) is 0. The van der Waals surface area contributed by atoms with Gasteiger partial charge in [-0.25, -0.2) is 0 Å². The number of nitrogens with zero attached hydrogens (tertiary/aromatic N) is 4. The maximum absolute atomic E-state index is 12.3. The van der Waals surface area contributed by atoms with Crippen molar-refractivity contribution in [1.82, 2.24) is 25.3 Å². The van der Waals surface area contributed by atoms with Crippen molar-refractivity contribution in [3.63, 3.8) is 0 Å². The predicted octanol–water partition coefficient (Wildman–Crippen LogP) is 0.412. The van der Waals surface area contributed by atoms with E-state index in [0.29, 0.717) is 30.7 Å². The summed E-state index contributed by atoms with van der Waals surface area (Å²) >= 11 is 0. The summed E-state index contributed by atoms with van der Waals surface area (Å²) in [6.07, 6.45) is 2.93. The molecule has 1 unspecified atom stereocenters. The lowest BCUT2D eigenvalue weighted by atomic mass is 10.0. The van der Waals surface area contributed by atoms with Gasteiger partial charge in [-0.2, -0.15) is 4.98 Å². The molecular formula is C15H25N5O2. The van der Waals surface area contributed by atoms with Crippen LogP contribution < -0.4 is 5.32 Å². The Kier molecular flexibility index (Phi) is 5.04. The first-order valence-corrected chi connectivity index (χ1v) is 8.21. The fraction of sp³-hybridized carbons (Fsp3) is 0.800. The molecule has 2 aliphatic rings. The van der Waals surface area contributed by atoms with Crippen molar-refractivity contribution in [2.75, 3.05) is 39.3 Å². The minimum atomic E-state index is 0.307. The highest BCUT2D eigenvalue weighted by atomic mass is 16.5. The standard InChI is InChI=1S/C15H25N5O2/c1-12-17-14(18-22-12)11-19-6-8-20(9-7-19)15(21)3-2-13-4-5-16-10-13/h13,16H,2-11H2,1H3. The molecule has 2 saturated heterocycles. The third-order valence-electron chi connectivity index (χ3n) is 4.59. The van der Waals surface area contributed by atoms with Crippen molar-refractivity contribution in [3.05, 3.63) is 11.7 Å². The SMILES string of the molecule is Cc1nc(CN2CCN(C(=O)CCC3CCNC3)CC2)no1. The van der Waals surface area contributed by atoms with E-state index in [2.05, 4.69) is 20.4 Å². The average Bonchev–Trinajstić information content (AvgIpc) is 3.17. The Bertz CT molecular complexity index is 490. The Morgan fingerprint density at radius 3 is 2.82 bits per heavy atom. The Morgan fingerprint density at radius 2 is 2.18 bits per heavy atom. The molecule has 2 aliphatic heterocycles. The number of amides is 1. The van der Waals surface area contributed by atoms with Gasteiger partial charge in [0.15, 0.2) is 5.82 Å². The highest BCUT2D eigenvalue weighted by Gasteiger charge is 2.23. The van der Waals surface area contributed by atoms with Gasteiger partial charge in [-0.3, -0.25) is 9.69 Å². The summed E-state index contributed by atoms with van der Waals surface area (Å²) in [4.78, 5) is 20.8. The van der Waals surface area contributed by atoms with Crippen LogP contribution in [-0.2, 0) is 11.3 Å². The van der Waals surface area contributed by atoms with Crippen molar-refractivity contribution < 1.29 is 9.32 Å². The van der Waals surface area contributed by atoms with Gasteiger partial charge in [0.1, 0.15) is 0 Å². The fourth-order valence-corrected chi connectivity index (χ4v) is 3.21. The molecule has 0 bridgehead atoms. The molecule has 1 amide bonds. The summed E-state index contributed by atoms with van der Waals surface area (Å²) < 4.78 is 4.99. The molecule has 0 radical (unpaired) electrons. The zero-order valence-corrected chi connectivity index (χ0v) is 13.3. The summed E-state index contributed by atoms with van der Waals surface area (Å²) in [5.74, 6) is 2.32. The predicted molar refractivity (Wildman–Crippen MR) is 81.1 cm³/mol. The molecule has 1 aromatic heterocycles. The van der Waals surface area contributed by atoms with Crippen molar-refractivity contribution in [2.45, 2.75) is 32.7 Å². The minimum Gasteiger partial charge on any atom is -0.340 e. The lowest BCUT2D eigenvalue weighted by molar-refractivity contribution is -0.133. The lowest BCUT2D eigenvalue weighted by Gasteiger charge is -2.34. The van der Waals surface area contributed by atoms with E-state index < -0.39 is 0 Å². The van der Waals surface area contributed by atoms with Crippen LogP contribution in [0, 0.1) is 12.8 Å². The van der Waals surface area contributed by atoms with Crippen LogP contribution in [0.3, 0.4) is 0 Å². The number of hydrogen-bond acceptors (Lipinski definition) is 6. The first-order chi connectivity index (χ1) is 10.7. The summed E-state index contributed by atoms with van der Waals surface area (Å²) in [6.45, 7) is 8.05. The minimum absolute atomic E-state index is 0.307. The fourth-order valence-electron chi connectivity index (χ4n) is 3.21. The Morgan fingerprint density at radius 1 is 1.36 bits per heavy atom. The second-order valence-corrected chi connectivity index (χ2v) is 6.28. The van der Waals surface area contributed by atoms with Crippen LogP contribution in [-0.4, -0.2) is 65.1 Å². The molecule has 3 rings (SSSR count). The molecule has 1 atom stereocenters. The molecule has 2 fully saturated rings. The smallest absolute Gasteiger partial charge is 0.223 e. The van der Waals surface area contributed by atoms with Crippen LogP contribution in [0.4, 0.5) is 0 Å². The summed E-state index contributed by atoms with van der Waals surface area (Å²) in [7, 11) is 0. The average molecular weight is 307 g/mol. The van der Waals surface area contributed by atoms with E-state index in [1.807, 2.05) is 4.90 Å². The van der Waals surface area contributed by atoms with Crippen LogP contribution in [0.1, 0.15) is 31.0 Å². The van der Waals surface area contributed by atoms with Crippen molar-refractivity contribution >= 4 is 5.91 Å². The molecule has 0 aromatic carbocycles. The Hall–Kier alpha value is -1.47. The van der Waals surface area contributed by atoms with Gasteiger partial charge in [-0.15, -0.1) is 0 Å². The van der Waals surface area contributed by atoms with Gasteiger partial charge in [0.25, 0.3) is 0 Å². The van der Waals surface area contributed by atoms with E-state index in [9.17, 15) is 4.79 Å². The van der Waals surface area contributed by atoms with Gasteiger partial charge < -0.3 is 14.7 Å². The van der Waals surface area contributed by atoms with Crippen molar-refractivity contribution in [3.8, 4) is 0 Å². The number of hydrogen-bond donors (Lipinski definition) is 1. The second kappa shape index (κ2) is 7.19. The van der Waals surface area contributed by atoms with Crippen LogP contribution in [0.2, 0.25) is 0 Å². The largest absolute Gasteiger partial charge is 0.340 e. The molecule has 1 aromatic rings. The maximum atomic E-state index is 12.3. The van der Waals surface area contributed by atoms with Crippen LogP contribution in [0.25, 0.3) is 0 Å². The van der Waals surface area contributed by atoms with Crippen molar-refractivity contribution in [2.24, 2.45) is 5.92 Å². The number of carbonyl (C=O) groups is 1.